The van der Waals surface area contributed by atoms with Crippen molar-refractivity contribution in [3.05, 3.63) is 65.4 Å². The number of fused-ring (bicyclic) bond motifs is 1. The Kier molecular flexibility index (Phi) is 2.91. The van der Waals surface area contributed by atoms with Gasteiger partial charge in [0.05, 0.1) is 0 Å². The number of hydrogen-bond acceptors (Lipinski definition) is 3. The van der Waals surface area contributed by atoms with Gasteiger partial charge in [-0.05, 0) is 30.3 Å². The fourth-order valence-electron chi connectivity index (χ4n) is 2.12. The molecule has 3 N–H and O–H groups in total. The number of nitrogens with two attached hydrogens (primary N) is 1. The molecule has 5 heteroatoms. The number of furan rings is 1. The summed E-state index contributed by atoms with van der Waals surface area (Å²) in [4.78, 5) is 0. The van der Waals surface area contributed by atoms with Gasteiger partial charge in [-0.3, -0.25) is 0 Å². The summed E-state index contributed by atoms with van der Waals surface area (Å²) in [5.74, 6) is -0.925. The van der Waals surface area contributed by atoms with Gasteiger partial charge in [0.2, 0.25) is 0 Å². The van der Waals surface area contributed by atoms with E-state index in [2.05, 4.69) is 0 Å². The van der Waals surface area contributed by atoms with Crippen LogP contribution in [0, 0.1) is 11.6 Å². The fourth-order valence-corrected chi connectivity index (χ4v) is 2.12. The Hall–Kier alpha value is -2.40. The lowest BCUT2D eigenvalue weighted by Gasteiger charge is -2.10. The molecule has 0 amide bonds. The molecule has 1 atom stereocenters. The molecule has 0 saturated heterocycles. The van der Waals surface area contributed by atoms with Crippen molar-refractivity contribution in [3.63, 3.8) is 0 Å². The molecule has 0 aliphatic rings. The van der Waals surface area contributed by atoms with Crippen LogP contribution in [0.1, 0.15) is 17.4 Å². The average molecular weight is 275 g/mol. The van der Waals surface area contributed by atoms with E-state index in [9.17, 15) is 13.9 Å². The maximum atomic E-state index is 13.5. The largest absolute Gasteiger partial charge is 0.455 e. The lowest BCUT2D eigenvalue weighted by atomic mass is 10.0. The van der Waals surface area contributed by atoms with Gasteiger partial charge in [-0.15, -0.1) is 0 Å². The summed E-state index contributed by atoms with van der Waals surface area (Å²) in [7, 11) is 0. The van der Waals surface area contributed by atoms with Crippen LogP contribution in [0.5, 0.6) is 0 Å². The highest BCUT2D eigenvalue weighted by atomic mass is 19.1. The summed E-state index contributed by atoms with van der Waals surface area (Å²) < 4.78 is 32.1. The summed E-state index contributed by atoms with van der Waals surface area (Å²) in [5, 5.41) is 10.7. The standard InChI is InChI=1S/C15H11F2NO2/c16-9-4-5-12(18)10(7-9)14(19)13-6-8-2-1-3-11(17)15(8)20-13/h1-7,14,19H,18H2. The maximum absolute atomic E-state index is 13.5. The van der Waals surface area contributed by atoms with Gasteiger partial charge in [-0.25, -0.2) is 8.78 Å². The number of nitrogen functional groups attached to an aromatic ring is 1. The predicted octanol–water partition coefficient (Wildman–Crippen LogP) is 3.37. The van der Waals surface area contributed by atoms with E-state index in [1.165, 1.54) is 24.3 Å². The lowest BCUT2D eigenvalue weighted by Crippen LogP contribution is -2.03. The number of aliphatic hydroxyl groups excluding tert-OH is 1. The van der Waals surface area contributed by atoms with Gasteiger partial charge in [0.1, 0.15) is 17.7 Å². The summed E-state index contributed by atoms with van der Waals surface area (Å²) in [5.41, 5.74) is 6.18. The van der Waals surface area contributed by atoms with E-state index in [-0.39, 0.29) is 22.6 Å². The molecule has 0 fully saturated rings. The van der Waals surface area contributed by atoms with Crippen molar-refractivity contribution in [2.75, 3.05) is 5.73 Å². The first-order valence-electron chi connectivity index (χ1n) is 5.97. The van der Waals surface area contributed by atoms with Gasteiger partial charge < -0.3 is 15.3 Å². The minimum absolute atomic E-state index is 0.0523. The zero-order valence-corrected chi connectivity index (χ0v) is 10.3. The highest BCUT2D eigenvalue weighted by Gasteiger charge is 2.19. The van der Waals surface area contributed by atoms with Crippen molar-refractivity contribution in [2.24, 2.45) is 0 Å². The van der Waals surface area contributed by atoms with E-state index in [0.29, 0.717) is 5.39 Å². The Morgan fingerprint density at radius 1 is 1.10 bits per heavy atom. The number of rotatable bonds is 2. The Bertz CT molecular complexity index is 783. The van der Waals surface area contributed by atoms with E-state index < -0.39 is 17.7 Å². The first-order chi connectivity index (χ1) is 9.56. The number of para-hydroxylation sites is 1. The molecule has 0 aliphatic carbocycles. The van der Waals surface area contributed by atoms with Gasteiger partial charge >= 0.3 is 0 Å². The van der Waals surface area contributed by atoms with E-state index in [1.807, 2.05) is 0 Å². The second-order valence-corrected chi connectivity index (χ2v) is 4.48. The molecule has 0 aliphatic heterocycles. The number of anilines is 1. The second-order valence-electron chi connectivity index (χ2n) is 4.48. The van der Waals surface area contributed by atoms with Crippen LogP contribution in [-0.4, -0.2) is 5.11 Å². The number of halogens is 2. The Morgan fingerprint density at radius 2 is 1.90 bits per heavy atom. The first-order valence-corrected chi connectivity index (χ1v) is 5.97. The molecule has 0 radical (unpaired) electrons. The van der Waals surface area contributed by atoms with Crippen LogP contribution in [0.4, 0.5) is 14.5 Å². The maximum Gasteiger partial charge on any atom is 0.170 e. The third kappa shape index (κ3) is 2.02. The van der Waals surface area contributed by atoms with Crippen molar-refractivity contribution in [2.45, 2.75) is 6.10 Å². The van der Waals surface area contributed by atoms with Crippen molar-refractivity contribution >= 4 is 16.7 Å². The zero-order valence-electron chi connectivity index (χ0n) is 10.3. The molecule has 0 spiro atoms. The molecule has 2 aromatic carbocycles. The van der Waals surface area contributed by atoms with E-state index in [4.69, 9.17) is 10.2 Å². The Labute approximate surface area is 113 Å². The highest BCUT2D eigenvalue weighted by Crippen LogP contribution is 2.32. The van der Waals surface area contributed by atoms with Crippen LogP contribution in [-0.2, 0) is 0 Å². The van der Waals surface area contributed by atoms with Gasteiger partial charge in [-0.1, -0.05) is 12.1 Å². The van der Waals surface area contributed by atoms with Gasteiger partial charge in [-0.2, -0.15) is 0 Å². The topological polar surface area (TPSA) is 59.4 Å². The summed E-state index contributed by atoms with van der Waals surface area (Å²) in [6.45, 7) is 0. The normalized spacial score (nSPS) is 12.8. The first kappa shape index (κ1) is 12.6. The summed E-state index contributed by atoms with van der Waals surface area (Å²) in [6, 6.07) is 9.66. The monoisotopic (exact) mass is 275 g/mol. The van der Waals surface area contributed by atoms with Crippen molar-refractivity contribution in [1.82, 2.24) is 0 Å². The number of hydrogen-bond donors (Lipinski definition) is 2. The summed E-state index contributed by atoms with van der Waals surface area (Å²) in [6.07, 6.45) is -1.25. The average Bonchev–Trinajstić information content (AvgIpc) is 2.86. The van der Waals surface area contributed by atoms with Crippen LogP contribution in [0.3, 0.4) is 0 Å². The molecule has 1 aromatic heterocycles. The van der Waals surface area contributed by atoms with Gasteiger partial charge in [0, 0.05) is 16.6 Å². The minimum atomic E-state index is -1.25. The van der Waals surface area contributed by atoms with Crippen LogP contribution in [0.25, 0.3) is 11.0 Å². The number of aliphatic hydroxyl groups is 1. The molecular formula is C15H11F2NO2. The third-order valence-corrected chi connectivity index (χ3v) is 3.13. The molecule has 102 valence electrons. The SMILES string of the molecule is Nc1ccc(F)cc1C(O)c1cc2cccc(F)c2o1. The third-order valence-electron chi connectivity index (χ3n) is 3.13. The van der Waals surface area contributed by atoms with E-state index in [1.54, 1.807) is 12.1 Å². The summed E-state index contributed by atoms with van der Waals surface area (Å²) >= 11 is 0. The van der Waals surface area contributed by atoms with Crippen LogP contribution >= 0.6 is 0 Å². The van der Waals surface area contributed by atoms with Crippen molar-refractivity contribution < 1.29 is 18.3 Å². The van der Waals surface area contributed by atoms with Crippen LogP contribution in [0.2, 0.25) is 0 Å². The Balaban J connectivity index is 2.10. The molecule has 1 unspecified atom stereocenters. The van der Waals surface area contributed by atoms with E-state index in [0.717, 1.165) is 6.07 Å². The van der Waals surface area contributed by atoms with Crippen molar-refractivity contribution in [3.8, 4) is 0 Å². The molecular weight excluding hydrogens is 264 g/mol. The van der Waals surface area contributed by atoms with Crippen LogP contribution < -0.4 is 5.73 Å². The lowest BCUT2D eigenvalue weighted by molar-refractivity contribution is 0.192. The molecule has 3 rings (SSSR count). The Morgan fingerprint density at radius 3 is 2.65 bits per heavy atom. The molecule has 0 bridgehead atoms. The zero-order chi connectivity index (χ0) is 14.3. The second kappa shape index (κ2) is 4.61. The molecule has 0 saturated carbocycles. The van der Waals surface area contributed by atoms with Crippen LogP contribution in [0.15, 0.2) is 46.9 Å². The quantitative estimate of drug-likeness (QED) is 0.705. The highest BCUT2D eigenvalue weighted by molar-refractivity contribution is 5.78. The molecule has 20 heavy (non-hydrogen) atoms. The molecule has 1 heterocycles. The predicted molar refractivity (Wildman–Crippen MR) is 71.0 cm³/mol. The van der Waals surface area contributed by atoms with Gasteiger partial charge in [0.25, 0.3) is 0 Å². The van der Waals surface area contributed by atoms with Gasteiger partial charge in [0.15, 0.2) is 11.4 Å². The van der Waals surface area contributed by atoms with E-state index >= 15 is 0 Å². The fraction of sp³-hybridized carbons (Fsp3) is 0.0667. The smallest absolute Gasteiger partial charge is 0.170 e. The number of benzene rings is 2. The van der Waals surface area contributed by atoms with Crippen molar-refractivity contribution in [1.29, 1.82) is 0 Å². The molecule has 3 aromatic rings. The molecule has 3 nitrogen and oxygen atoms in total. The minimum Gasteiger partial charge on any atom is -0.455 e.